The van der Waals surface area contributed by atoms with E-state index >= 15 is 0 Å². The standard InChI is InChI=1S/C22H33FN2O4/c1-4-5-6-7-8-9-14-19(22(28)29-3)25-21(27)20(24-16(2)26)15-17-12-10-11-13-18(17)23/h10-13,19-20H,4-9,14-15H2,1-3H3,(H,24,26)(H,25,27)/t19-,20-/m1/s1. The molecule has 0 heterocycles. The van der Waals surface area contributed by atoms with E-state index in [4.69, 9.17) is 4.74 Å². The van der Waals surface area contributed by atoms with Crippen molar-refractivity contribution in [3.05, 3.63) is 35.6 Å². The number of hydrogen-bond acceptors (Lipinski definition) is 4. The lowest BCUT2D eigenvalue weighted by Crippen LogP contribution is -2.52. The molecule has 0 aliphatic carbocycles. The number of unbranched alkanes of at least 4 members (excludes halogenated alkanes) is 5. The van der Waals surface area contributed by atoms with Crippen molar-refractivity contribution in [1.29, 1.82) is 0 Å². The van der Waals surface area contributed by atoms with Gasteiger partial charge in [-0.25, -0.2) is 9.18 Å². The van der Waals surface area contributed by atoms with Crippen molar-refractivity contribution in [2.75, 3.05) is 7.11 Å². The van der Waals surface area contributed by atoms with Crippen LogP contribution in [0.5, 0.6) is 0 Å². The zero-order valence-electron chi connectivity index (χ0n) is 17.6. The molecule has 29 heavy (non-hydrogen) atoms. The van der Waals surface area contributed by atoms with E-state index in [-0.39, 0.29) is 6.42 Å². The zero-order valence-corrected chi connectivity index (χ0v) is 17.6. The highest BCUT2D eigenvalue weighted by molar-refractivity contribution is 5.90. The fourth-order valence-corrected chi connectivity index (χ4v) is 3.13. The van der Waals surface area contributed by atoms with Crippen LogP contribution in [0.1, 0.15) is 64.4 Å². The van der Waals surface area contributed by atoms with Gasteiger partial charge in [0.2, 0.25) is 11.8 Å². The van der Waals surface area contributed by atoms with Crippen LogP contribution in [0.3, 0.4) is 0 Å². The number of carbonyl (C=O) groups is 3. The molecule has 1 aromatic carbocycles. The second-order valence-corrected chi connectivity index (χ2v) is 7.19. The molecule has 0 unspecified atom stereocenters. The molecule has 0 saturated heterocycles. The summed E-state index contributed by atoms with van der Waals surface area (Å²) in [6.45, 7) is 3.44. The molecular formula is C22H33FN2O4. The quantitative estimate of drug-likeness (QED) is 0.387. The molecule has 0 bridgehead atoms. The van der Waals surface area contributed by atoms with Gasteiger partial charge in [0.25, 0.3) is 0 Å². The van der Waals surface area contributed by atoms with Gasteiger partial charge in [-0.3, -0.25) is 9.59 Å². The third-order valence-electron chi connectivity index (χ3n) is 4.72. The van der Waals surface area contributed by atoms with Crippen LogP contribution in [-0.2, 0) is 25.5 Å². The van der Waals surface area contributed by atoms with Crippen molar-refractivity contribution in [3.63, 3.8) is 0 Å². The Hall–Kier alpha value is -2.44. The Morgan fingerprint density at radius 3 is 2.28 bits per heavy atom. The maximum atomic E-state index is 14.0. The minimum atomic E-state index is -0.985. The van der Waals surface area contributed by atoms with Gasteiger partial charge in [-0.05, 0) is 18.1 Å². The number of carbonyl (C=O) groups excluding carboxylic acids is 3. The lowest BCUT2D eigenvalue weighted by molar-refractivity contribution is -0.145. The van der Waals surface area contributed by atoms with E-state index in [9.17, 15) is 18.8 Å². The Morgan fingerprint density at radius 1 is 1.00 bits per heavy atom. The fraction of sp³-hybridized carbons (Fsp3) is 0.591. The number of esters is 1. The highest BCUT2D eigenvalue weighted by Gasteiger charge is 2.27. The van der Waals surface area contributed by atoms with E-state index in [1.807, 2.05) is 0 Å². The van der Waals surface area contributed by atoms with Crippen LogP contribution in [0, 0.1) is 5.82 Å². The highest BCUT2D eigenvalue weighted by Crippen LogP contribution is 2.12. The molecule has 0 spiro atoms. The number of amides is 2. The Morgan fingerprint density at radius 2 is 1.66 bits per heavy atom. The van der Waals surface area contributed by atoms with Crippen molar-refractivity contribution in [1.82, 2.24) is 10.6 Å². The van der Waals surface area contributed by atoms with E-state index in [0.29, 0.717) is 12.0 Å². The molecule has 2 amide bonds. The van der Waals surface area contributed by atoms with E-state index in [1.54, 1.807) is 18.2 Å². The fourth-order valence-electron chi connectivity index (χ4n) is 3.13. The van der Waals surface area contributed by atoms with Crippen LogP contribution in [0.25, 0.3) is 0 Å². The lowest BCUT2D eigenvalue weighted by Gasteiger charge is -2.22. The molecule has 2 atom stereocenters. The summed E-state index contributed by atoms with van der Waals surface area (Å²) in [7, 11) is 1.27. The first-order valence-corrected chi connectivity index (χ1v) is 10.3. The predicted molar refractivity (Wildman–Crippen MR) is 110 cm³/mol. The van der Waals surface area contributed by atoms with Gasteiger partial charge in [0, 0.05) is 13.3 Å². The largest absolute Gasteiger partial charge is 0.467 e. The summed E-state index contributed by atoms with van der Waals surface area (Å²) in [5.41, 5.74) is 0.312. The summed E-state index contributed by atoms with van der Waals surface area (Å²) < 4.78 is 18.8. The van der Waals surface area contributed by atoms with Crippen molar-refractivity contribution in [2.45, 2.75) is 77.3 Å². The van der Waals surface area contributed by atoms with Crippen molar-refractivity contribution >= 4 is 17.8 Å². The molecule has 1 rings (SSSR count). The monoisotopic (exact) mass is 408 g/mol. The second kappa shape index (κ2) is 13.7. The molecule has 6 nitrogen and oxygen atoms in total. The van der Waals surface area contributed by atoms with Gasteiger partial charge in [-0.1, -0.05) is 63.6 Å². The van der Waals surface area contributed by atoms with Crippen LogP contribution in [-0.4, -0.2) is 37.0 Å². The Kier molecular flexibility index (Phi) is 11.6. The Bertz CT molecular complexity index is 666. The smallest absolute Gasteiger partial charge is 0.328 e. The maximum absolute atomic E-state index is 14.0. The van der Waals surface area contributed by atoms with Gasteiger partial charge < -0.3 is 15.4 Å². The lowest BCUT2D eigenvalue weighted by atomic mass is 10.0. The summed E-state index contributed by atoms with van der Waals surface area (Å²) >= 11 is 0. The molecule has 0 aliphatic heterocycles. The van der Waals surface area contributed by atoms with E-state index in [1.165, 1.54) is 26.5 Å². The van der Waals surface area contributed by atoms with Crippen molar-refractivity contribution in [2.24, 2.45) is 0 Å². The summed E-state index contributed by atoms with van der Waals surface area (Å²) in [5.74, 6) is -1.93. The summed E-state index contributed by atoms with van der Waals surface area (Å²) in [4.78, 5) is 36.4. The van der Waals surface area contributed by atoms with Gasteiger partial charge >= 0.3 is 5.97 Å². The SMILES string of the molecule is CCCCCCCC[C@@H](NC(=O)[C@@H](Cc1ccccc1F)NC(C)=O)C(=O)OC. The number of halogens is 1. The third-order valence-corrected chi connectivity index (χ3v) is 4.72. The summed E-state index contributed by atoms with van der Waals surface area (Å²) in [6.07, 6.45) is 6.77. The molecule has 2 N–H and O–H groups in total. The number of nitrogens with one attached hydrogen (secondary N) is 2. The number of rotatable bonds is 13. The third kappa shape index (κ3) is 9.54. The minimum Gasteiger partial charge on any atom is -0.467 e. The van der Waals surface area contributed by atoms with E-state index in [0.717, 1.165) is 32.1 Å². The van der Waals surface area contributed by atoms with Gasteiger partial charge in [-0.15, -0.1) is 0 Å². The highest BCUT2D eigenvalue weighted by atomic mass is 19.1. The number of hydrogen-bond donors (Lipinski definition) is 2. The summed E-state index contributed by atoms with van der Waals surface area (Å²) in [6, 6.07) is 4.30. The molecule has 0 aromatic heterocycles. The first kappa shape index (κ1) is 24.6. The second-order valence-electron chi connectivity index (χ2n) is 7.19. The van der Waals surface area contributed by atoms with Gasteiger partial charge in [0.15, 0.2) is 0 Å². The molecule has 0 fully saturated rings. The van der Waals surface area contributed by atoms with E-state index < -0.39 is 35.7 Å². The van der Waals surface area contributed by atoms with Crippen LogP contribution >= 0.6 is 0 Å². The average molecular weight is 409 g/mol. The van der Waals surface area contributed by atoms with Gasteiger partial charge in [0.05, 0.1) is 7.11 Å². The topological polar surface area (TPSA) is 84.5 Å². The number of ether oxygens (including phenoxy) is 1. The average Bonchev–Trinajstić information content (AvgIpc) is 2.69. The van der Waals surface area contributed by atoms with Crippen LogP contribution < -0.4 is 10.6 Å². The van der Waals surface area contributed by atoms with Gasteiger partial charge in [0.1, 0.15) is 17.9 Å². The first-order chi connectivity index (χ1) is 13.9. The Labute approximate surface area is 172 Å². The molecule has 7 heteroatoms. The van der Waals surface area contributed by atoms with Crippen LogP contribution in [0.2, 0.25) is 0 Å². The number of methoxy groups -OCH3 is 1. The number of benzene rings is 1. The molecule has 0 radical (unpaired) electrons. The molecule has 1 aromatic rings. The normalized spacial score (nSPS) is 12.7. The van der Waals surface area contributed by atoms with Gasteiger partial charge in [-0.2, -0.15) is 0 Å². The Balaban J connectivity index is 2.74. The minimum absolute atomic E-state index is 0.0109. The first-order valence-electron chi connectivity index (χ1n) is 10.3. The van der Waals surface area contributed by atoms with Crippen LogP contribution in [0.4, 0.5) is 4.39 Å². The predicted octanol–water partition coefficient (Wildman–Crippen LogP) is 3.28. The van der Waals surface area contributed by atoms with Crippen LogP contribution in [0.15, 0.2) is 24.3 Å². The molecule has 0 saturated carbocycles. The van der Waals surface area contributed by atoms with E-state index in [2.05, 4.69) is 17.6 Å². The van der Waals surface area contributed by atoms with Crippen molar-refractivity contribution in [3.8, 4) is 0 Å². The summed E-state index contributed by atoms with van der Waals surface area (Å²) in [5, 5.41) is 5.20. The molecule has 162 valence electrons. The zero-order chi connectivity index (χ0) is 21.6. The maximum Gasteiger partial charge on any atom is 0.328 e. The van der Waals surface area contributed by atoms with Crippen molar-refractivity contribution < 1.29 is 23.5 Å². The molecular weight excluding hydrogens is 375 g/mol. The molecule has 0 aliphatic rings.